The van der Waals surface area contributed by atoms with Gasteiger partial charge in [-0.2, -0.15) is 0 Å². The zero-order chi connectivity index (χ0) is 16.6. The maximum absolute atomic E-state index is 13.8. The van der Waals surface area contributed by atoms with Crippen LogP contribution < -0.4 is 4.72 Å². The number of aromatic nitrogens is 1. The molecule has 0 aliphatic heterocycles. The van der Waals surface area contributed by atoms with Crippen LogP contribution in [0.5, 0.6) is 0 Å². The first-order valence-corrected chi connectivity index (χ1v) is 8.19. The van der Waals surface area contributed by atoms with E-state index in [1.54, 1.807) is 6.92 Å². The van der Waals surface area contributed by atoms with Gasteiger partial charge in [0, 0.05) is 11.6 Å². The summed E-state index contributed by atoms with van der Waals surface area (Å²) >= 11 is 0. The molecule has 1 N–H and O–H groups in total. The van der Waals surface area contributed by atoms with E-state index in [2.05, 4.69) is 9.71 Å². The van der Waals surface area contributed by atoms with E-state index in [1.165, 1.54) is 30.5 Å². The molecule has 0 unspecified atom stereocenters. The highest BCUT2D eigenvalue weighted by molar-refractivity contribution is 7.93. The Bertz CT molecular complexity index is 1000. The van der Waals surface area contributed by atoms with Gasteiger partial charge in [0.15, 0.2) is 0 Å². The van der Waals surface area contributed by atoms with Crippen molar-refractivity contribution in [3.8, 4) is 0 Å². The third-order valence-corrected chi connectivity index (χ3v) is 4.84. The first kappa shape index (κ1) is 15.4. The normalized spacial score (nSPS) is 11.6. The van der Waals surface area contributed by atoms with Crippen molar-refractivity contribution in [3.63, 3.8) is 0 Å². The molecule has 3 aromatic rings. The van der Waals surface area contributed by atoms with Crippen LogP contribution in [0.25, 0.3) is 10.9 Å². The fraction of sp³-hybridized carbons (Fsp3) is 0.0625. The number of fused-ring (bicyclic) bond motifs is 1. The van der Waals surface area contributed by atoms with Gasteiger partial charge in [0.05, 0.1) is 10.6 Å². The number of anilines is 1. The maximum atomic E-state index is 13.8. The Hall–Kier alpha value is -2.54. The molecule has 0 aliphatic rings. The lowest BCUT2D eigenvalue weighted by Gasteiger charge is -2.12. The summed E-state index contributed by atoms with van der Waals surface area (Å²) in [6.45, 7) is 1.65. The van der Waals surface area contributed by atoms with Crippen molar-refractivity contribution in [1.29, 1.82) is 0 Å². The lowest BCUT2D eigenvalue weighted by atomic mass is 10.2. The smallest absolute Gasteiger partial charge is 0.262 e. The maximum Gasteiger partial charge on any atom is 0.262 e. The van der Waals surface area contributed by atoms with Crippen molar-refractivity contribution in [2.75, 3.05) is 4.72 Å². The highest BCUT2D eigenvalue weighted by atomic mass is 32.2. The number of rotatable bonds is 3. The van der Waals surface area contributed by atoms with Gasteiger partial charge in [0.2, 0.25) is 0 Å². The molecule has 1 heterocycles. The van der Waals surface area contributed by atoms with Crippen molar-refractivity contribution in [2.45, 2.75) is 11.8 Å². The van der Waals surface area contributed by atoms with Crippen LogP contribution in [-0.2, 0) is 10.0 Å². The molecule has 0 saturated carbocycles. The quantitative estimate of drug-likeness (QED) is 0.796. The summed E-state index contributed by atoms with van der Waals surface area (Å²) in [5, 5.41) is 0.161. The molecular formula is C16H12F2N2O2S. The SMILES string of the molecule is Cc1ccc(F)cc1NS(=O)(=O)c1ccc(F)c2ncccc12. The summed E-state index contributed by atoms with van der Waals surface area (Å²) in [6, 6.07) is 9.00. The van der Waals surface area contributed by atoms with Gasteiger partial charge < -0.3 is 0 Å². The fourth-order valence-corrected chi connectivity index (χ4v) is 3.57. The average molecular weight is 334 g/mol. The summed E-state index contributed by atoms with van der Waals surface area (Å²) in [4.78, 5) is 3.75. The molecule has 0 spiro atoms. The van der Waals surface area contributed by atoms with Crippen LogP contribution in [0.1, 0.15) is 5.56 Å². The van der Waals surface area contributed by atoms with E-state index in [9.17, 15) is 17.2 Å². The van der Waals surface area contributed by atoms with Crippen LogP contribution >= 0.6 is 0 Å². The molecule has 0 radical (unpaired) electrons. The van der Waals surface area contributed by atoms with Crippen LogP contribution in [0.3, 0.4) is 0 Å². The molecule has 0 fully saturated rings. The molecule has 0 bridgehead atoms. The van der Waals surface area contributed by atoms with E-state index in [1.807, 2.05) is 0 Å². The number of hydrogen-bond acceptors (Lipinski definition) is 3. The number of aryl methyl sites for hydroxylation is 1. The van der Waals surface area contributed by atoms with Gasteiger partial charge in [-0.05, 0) is 48.9 Å². The number of nitrogens with zero attached hydrogens (tertiary/aromatic N) is 1. The Kier molecular flexibility index (Phi) is 3.73. The molecular weight excluding hydrogens is 322 g/mol. The zero-order valence-corrected chi connectivity index (χ0v) is 12.9. The number of pyridine rings is 1. The Morgan fingerprint density at radius 2 is 1.87 bits per heavy atom. The summed E-state index contributed by atoms with van der Waals surface area (Å²) in [7, 11) is -4.02. The third kappa shape index (κ3) is 2.87. The Balaban J connectivity index is 2.14. The average Bonchev–Trinajstić information content (AvgIpc) is 2.51. The van der Waals surface area contributed by atoms with Gasteiger partial charge >= 0.3 is 0 Å². The van der Waals surface area contributed by atoms with Crippen LogP contribution in [0.15, 0.2) is 53.6 Å². The largest absolute Gasteiger partial charge is 0.279 e. The predicted octanol–water partition coefficient (Wildman–Crippen LogP) is 3.62. The standard InChI is InChI=1S/C16H12F2N2O2S/c1-10-4-5-11(17)9-14(10)20-23(21,22)15-7-6-13(18)16-12(15)3-2-8-19-16/h2-9,20H,1H3. The molecule has 2 aromatic carbocycles. The van der Waals surface area contributed by atoms with E-state index in [0.717, 1.165) is 18.2 Å². The number of hydrogen-bond donors (Lipinski definition) is 1. The Morgan fingerprint density at radius 1 is 1.09 bits per heavy atom. The number of benzene rings is 2. The molecule has 118 valence electrons. The van der Waals surface area contributed by atoms with Crippen molar-refractivity contribution >= 4 is 26.6 Å². The van der Waals surface area contributed by atoms with E-state index < -0.39 is 21.7 Å². The molecule has 7 heteroatoms. The molecule has 0 aliphatic carbocycles. The van der Waals surface area contributed by atoms with Crippen molar-refractivity contribution in [2.24, 2.45) is 0 Å². The first-order valence-electron chi connectivity index (χ1n) is 6.71. The van der Waals surface area contributed by atoms with Gasteiger partial charge in [-0.25, -0.2) is 17.2 Å². The second-order valence-corrected chi connectivity index (χ2v) is 6.66. The minimum Gasteiger partial charge on any atom is -0.279 e. The molecule has 1 aromatic heterocycles. The Morgan fingerprint density at radius 3 is 2.65 bits per heavy atom. The molecule has 0 amide bonds. The van der Waals surface area contributed by atoms with Crippen molar-refractivity contribution in [3.05, 3.63) is 65.9 Å². The summed E-state index contributed by atoms with van der Waals surface area (Å²) in [6.07, 6.45) is 1.38. The van der Waals surface area contributed by atoms with E-state index in [4.69, 9.17) is 0 Å². The number of halogens is 2. The lowest BCUT2D eigenvalue weighted by molar-refractivity contribution is 0.601. The zero-order valence-electron chi connectivity index (χ0n) is 12.0. The Labute approximate surface area is 131 Å². The summed E-state index contributed by atoms with van der Waals surface area (Å²) in [5.74, 6) is -1.17. The number of nitrogens with one attached hydrogen (secondary N) is 1. The van der Waals surface area contributed by atoms with Crippen LogP contribution in [0.4, 0.5) is 14.5 Å². The second-order valence-electron chi connectivity index (χ2n) is 5.01. The third-order valence-electron chi connectivity index (χ3n) is 3.41. The van der Waals surface area contributed by atoms with Gasteiger partial charge in [-0.3, -0.25) is 9.71 Å². The molecule has 4 nitrogen and oxygen atoms in total. The second kappa shape index (κ2) is 5.58. The molecule has 0 atom stereocenters. The van der Waals surface area contributed by atoms with Crippen LogP contribution in [0.2, 0.25) is 0 Å². The van der Waals surface area contributed by atoms with Crippen molar-refractivity contribution < 1.29 is 17.2 Å². The minimum atomic E-state index is -4.02. The fourth-order valence-electron chi connectivity index (χ4n) is 2.25. The van der Waals surface area contributed by atoms with E-state index in [-0.39, 0.29) is 21.5 Å². The van der Waals surface area contributed by atoms with Gasteiger partial charge in [0.1, 0.15) is 17.2 Å². The molecule has 0 saturated heterocycles. The summed E-state index contributed by atoms with van der Waals surface area (Å²) in [5.41, 5.74) is 0.664. The van der Waals surface area contributed by atoms with Crippen LogP contribution in [0, 0.1) is 18.6 Å². The highest BCUT2D eigenvalue weighted by Gasteiger charge is 2.20. The summed E-state index contributed by atoms with van der Waals surface area (Å²) < 4.78 is 54.7. The van der Waals surface area contributed by atoms with E-state index >= 15 is 0 Å². The topological polar surface area (TPSA) is 59.1 Å². The molecule has 3 rings (SSSR count). The van der Waals surface area contributed by atoms with Gasteiger partial charge in [0.25, 0.3) is 10.0 Å². The lowest BCUT2D eigenvalue weighted by Crippen LogP contribution is -2.14. The van der Waals surface area contributed by atoms with E-state index in [0.29, 0.717) is 5.56 Å². The monoisotopic (exact) mass is 334 g/mol. The highest BCUT2D eigenvalue weighted by Crippen LogP contribution is 2.27. The van der Waals surface area contributed by atoms with Crippen LogP contribution in [-0.4, -0.2) is 13.4 Å². The van der Waals surface area contributed by atoms with Gasteiger partial charge in [-0.15, -0.1) is 0 Å². The van der Waals surface area contributed by atoms with Crippen molar-refractivity contribution in [1.82, 2.24) is 4.98 Å². The number of sulfonamides is 1. The minimum absolute atomic E-state index is 0.0358. The molecule has 23 heavy (non-hydrogen) atoms. The first-order chi connectivity index (χ1) is 10.9. The van der Waals surface area contributed by atoms with Gasteiger partial charge in [-0.1, -0.05) is 6.07 Å². The predicted molar refractivity (Wildman–Crippen MR) is 83.6 cm³/mol.